The van der Waals surface area contributed by atoms with Gasteiger partial charge in [-0.05, 0) is 65.3 Å². The van der Waals surface area contributed by atoms with Crippen LogP contribution in [0.15, 0.2) is 60.7 Å². The first kappa shape index (κ1) is 20.0. The molecule has 1 atom stereocenters. The second-order valence-electron chi connectivity index (χ2n) is 7.67. The van der Waals surface area contributed by atoms with Crippen LogP contribution in [0.1, 0.15) is 40.3 Å². The van der Waals surface area contributed by atoms with E-state index in [1.807, 2.05) is 43.4 Å². The number of carbonyl (C=O) groups is 1. The van der Waals surface area contributed by atoms with Gasteiger partial charge >= 0.3 is 5.97 Å². The van der Waals surface area contributed by atoms with Crippen LogP contribution in [0.4, 0.5) is 5.82 Å². The fraction of sp³-hybridized carbons (Fsp3) is 0.280. The zero-order valence-electron chi connectivity index (χ0n) is 17.1. The molecule has 30 heavy (non-hydrogen) atoms. The molecule has 0 bridgehead atoms. The van der Waals surface area contributed by atoms with Gasteiger partial charge in [-0.25, -0.2) is 4.98 Å². The molecule has 0 saturated heterocycles. The van der Waals surface area contributed by atoms with Gasteiger partial charge in [0.2, 0.25) is 0 Å². The Kier molecular flexibility index (Phi) is 5.98. The lowest BCUT2D eigenvalue weighted by Crippen LogP contribution is -2.10. The summed E-state index contributed by atoms with van der Waals surface area (Å²) in [7, 11) is 1.86. The Hall–Kier alpha value is -3.34. The molecule has 5 heteroatoms. The number of hydrogen-bond acceptors (Lipinski definition) is 4. The number of rotatable bonds is 7. The third-order valence-electron chi connectivity index (χ3n) is 5.63. The number of nitrogens with one attached hydrogen (secondary N) is 1. The van der Waals surface area contributed by atoms with Gasteiger partial charge in [0.15, 0.2) is 0 Å². The molecule has 5 nitrogen and oxygen atoms in total. The van der Waals surface area contributed by atoms with Crippen molar-refractivity contribution in [3.05, 3.63) is 88.6 Å². The van der Waals surface area contributed by atoms with E-state index in [4.69, 9.17) is 4.74 Å². The normalized spacial score (nSPS) is 14.9. The Balaban J connectivity index is 1.49. The minimum absolute atomic E-state index is 0.0244. The maximum Gasteiger partial charge on any atom is 0.303 e. The summed E-state index contributed by atoms with van der Waals surface area (Å²) in [5, 5.41) is 12.5. The third kappa shape index (κ3) is 4.62. The van der Waals surface area contributed by atoms with Crippen molar-refractivity contribution in [3.8, 4) is 5.75 Å². The molecule has 0 fully saturated rings. The van der Waals surface area contributed by atoms with E-state index < -0.39 is 5.97 Å². The second kappa shape index (κ2) is 8.99. The summed E-state index contributed by atoms with van der Waals surface area (Å²) in [4.78, 5) is 16.0. The molecule has 1 aliphatic carbocycles. The Morgan fingerprint density at radius 1 is 1.10 bits per heavy atom. The molecule has 1 aromatic heterocycles. The summed E-state index contributed by atoms with van der Waals surface area (Å²) in [5.41, 5.74) is 5.76. The molecule has 1 aliphatic rings. The van der Waals surface area contributed by atoms with Crippen LogP contribution in [-0.2, 0) is 24.1 Å². The zero-order valence-corrected chi connectivity index (χ0v) is 17.1. The van der Waals surface area contributed by atoms with Gasteiger partial charge in [0.25, 0.3) is 0 Å². The highest BCUT2D eigenvalue weighted by Gasteiger charge is 2.24. The Bertz CT molecular complexity index is 1050. The molecule has 3 aromatic rings. The highest BCUT2D eigenvalue weighted by molar-refractivity contribution is 5.68. The highest BCUT2D eigenvalue weighted by Crippen LogP contribution is 2.35. The minimum Gasteiger partial charge on any atom is -0.493 e. The van der Waals surface area contributed by atoms with E-state index in [1.54, 1.807) is 0 Å². The molecule has 1 heterocycles. The first-order valence-electron chi connectivity index (χ1n) is 10.3. The van der Waals surface area contributed by atoms with Gasteiger partial charge in [-0.3, -0.25) is 4.79 Å². The third-order valence-corrected chi connectivity index (χ3v) is 5.63. The smallest absolute Gasteiger partial charge is 0.303 e. The van der Waals surface area contributed by atoms with Gasteiger partial charge in [0.1, 0.15) is 11.6 Å². The quantitative estimate of drug-likeness (QED) is 0.611. The summed E-state index contributed by atoms with van der Waals surface area (Å²) in [5.74, 6) is 0.880. The summed E-state index contributed by atoms with van der Waals surface area (Å²) < 4.78 is 6.01. The number of anilines is 1. The number of aromatic nitrogens is 1. The lowest BCUT2D eigenvalue weighted by Gasteiger charge is -2.16. The lowest BCUT2D eigenvalue weighted by molar-refractivity contribution is -0.137. The molecule has 154 valence electrons. The fourth-order valence-electron chi connectivity index (χ4n) is 4.15. The van der Waals surface area contributed by atoms with Crippen LogP contribution in [0.3, 0.4) is 0 Å². The molecule has 0 amide bonds. The summed E-state index contributed by atoms with van der Waals surface area (Å²) in [6.45, 7) is 0.539. The molecule has 2 aromatic carbocycles. The van der Waals surface area contributed by atoms with Gasteiger partial charge < -0.3 is 15.2 Å². The van der Waals surface area contributed by atoms with E-state index >= 15 is 0 Å². The maximum absolute atomic E-state index is 11.5. The van der Waals surface area contributed by atoms with Gasteiger partial charge in [0, 0.05) is 19.2 Å². The first-order chi connectivity index (χ1) is 14.6. The van der Waals surface area contributed by atoms with Crippen LogP contribution in [-0.4, -0.2) is 29.7 Å². The standard InChI is InChI=1S/C25H26N2O3/c1-26-24-8-4-6-21(27-24)11-12-30-22-10-9-17-13-18-5-2-3-7-23(18)20(16-25(28)29)14-19(17)15-22/h2-10,15,20H,11-14,16H2,1H3,(H,26,27)(H,28,29). The predicted molar refractivity (Wildman–Crippen MR) is 117 cm³/mol. The number of benzene rings is 2. The van der Waals surface area contributed by atoms with Gasteiger partial charge in [-0.1, -0.05) is 36.4 Å². The van der Waals surface area contributed by atoms with Gasteiger partial charge in [0.05, 0.1) is 13.0 Å². The number of hydrogen-bond donors (Lipinski definition) is 2. The Morgan fingerprint density at radius 2 is 1.97 bits per heavy atom. The van der Waals surface area contributed by atoms with E-state index in [1.165, 1.54) is 16.7 Å². The molecule has 0 saturated carbocycles. The lowest BCUT2D eigenvalue weighted by atomic mass is 9.89. The van der Waals surface area contributed by atoms with Crippen molar-refractivity contribution in [1.29, 1.82) is 0 Å². The van der Waals surface area contributed by atoms with E-state index in [9.17, 15) is 9.90 Å². The van der Waals surface area contributed by atoms with Gasteiger partial charge in [-0.15, -0.1) is 0 Å². The summed E-state index contributed by atoms with van der Waals surface area (Å²) in [6, 6.07) is 20.3. The number of carboxylic acid groups (broad SMARTS) is 1. The van der Waals surface area contributed by atoms with Crippen molar-refractivity contribution in [2.45, 2.75) is 31.6 Å². The average Bonchev–Trinajstić information content (AvgIpc) is 2.90. The van der Waals surface area contributed by atoms with Crippen LogP contribution in [0.2, 0.25) is 0 Å². The fourth-order valence-corrected chi connectivity index (χ4v) is 4.15. The molecular formula is C25H26N2O3. The van der Waals surface area contributed by atoms with Crippen LogP contribution in [0.25, 0.3) is 0 Å². The van der Waals surface area contributed by atoms with Crippen molar-refractivity contribution >= 4 is 11.8 Å². The average molecular weight is 402 g/mol. The number of carboxylic acids is 1. The molecule has 0 spiro atoms. The molecule has 0 radical (unpaired) electrons. The van der Waals surface area contributed by atoms with E-state index in [0.29, 0.717) is 13.0 Å². The van der Waals surface area contributed by atoms with Crippen LogP contribution < -0.4 is 10.1 Å². The van der Waals surface area contributed by atoms with E-state index in [-0.39, 0.29) is 12.3 Å². The highest BCUT2D eigenvalue weighted by atomic mass is 16.5. The molecule has 4 rings (SSSR count). The van der Waals surface area contributed by atoms with E-state index in [2.05, 4.69) is 34.6 Å². The maximum atomic E-state index is 11.5. The van der Waals surface area contributed by atoms with Crippen molar-refractivity contribution in [2.75, 3.05) is 19.0 Å². The minimum atomic E-state index is -0.762. The Labute approximate surface area is 176 Å². The number of pyridine rings is 1. The topological polar surface area (TPSA) is 71.5 Å². The number of ether oxygens (including phenoxy) is 1. The summed E-state index contributed by atoms with van der Waals surface area (Å²) >= 11 is 0. The Morgan fingerprint density at radius 3 is 2.80 bits per heavy atom. The summed E-state index contributed by atoms with van der Waals surface area (Å²) in [6.07, 6.45) is 2.39. The van der Waals surface area contributed by atoms with E-state index in [0.717, 1.165) is 35.7 Å². The largest absolute Gasteiger partial charge is 0.493 e. The SMILES string of the molecule is CNc1cccc(CCOc2ccc3c(c2)CC(CC(=O)O)c2ccccc2C3)n1. The first-order valence-corrected chi connectivity index (χ1v) is 10.3. The monoisotopic (exact) mass is 402 g/mol. The van der Waals surface area contributed by atoms with Crippen molar-refractivity contribution in [2.24, 2.45) is 0 Å². The zero-order chi connectivity index (χ0) is 20.9. The number of nitrogens with zero attached hydrogens (tertiary/aromatic N) is 1. The van der Waals surface area contributed by atoms with Crippen LogP contribution in [0, 0.1) is 0 Å². The van der Waals surface area contributed by atoms with Gasteiger partial charge in [-0.2, -0.15) is 0 Å². The molecule has 1 unspecified atom stereocenters. The predicted octanol–water partition coefficient (Wildman–Crippen LogP) is 4.45. The van der Waals surface area contributed by atoms with Crippen LogP contribution >= 0.6 is 0 Å². The number of fused-ring (bicyclic) bond motifs is 2. The number of aliphatic carboxylic acids is 1. The van der Waals surface area contributed by atoms with Crippen molar-refractivity contribution < 1.29 is 14.6 Å². The molecule has 0 aliphatic heterocycles. The van der Waals surface area contributed by atoms with Crippen LogP contribution in [0.5, 0.6) is 5.75 Å². The second-order valence-corrected chi connectivity index (χ2v) is 7.67. The molecular weight excluding hydrogens is 376 g/mol. The molecule has 2 N–H and O–H groups in total. The van der Waals surface area contributed by atoms with Crippen molar-refractivity contribution in [3.63, 3.8) is 0 Å². The van der Waals surface area contributed by atoms with Crippen molar-refractivity contribution in [1.82, 2.24) is 4.98 Å².